The van der Waals surface area contributed by atoms with Crippen molar-refractivity contribution in [3.05, 3.63) is 228 Å². The summed E-state index contributed by atoms with van der Waals surface area (Å²) < 4.78 is 0. The maximum atomic E-state index is 2.36. The Hall–Kier alpha value is -6.90. The fraction of sp³-hybridized carbons (Fsp3) is 0.0566. The van der Waals surface area contributed by atoms with E-state index in [2.05, 4.69) is 243 Å². The Morgan fingerprint density at radius 2 is 0.673 bits per heavy atom. The van der Waals surface area contributed by atoms with E-state index in [1.165, 1.54) is 61.4 Å². The van der Waals surface area contributed by atoms with Crippen LogP contribution in [0.2, 0.25) is 0 Å². The second-order valence-electron chi connectivity index (χ2n) is 14.1. The molecule has 0 aliphatic heterocycles. The molecule has 0 atom stereocenters. The molecular weight excluding hydrogens is 665 g/mol. The van der Waals surface area contributed by atoms with Crippen molar-refractivity contribution in [2.45, 2.75) is 20.8 Å². The van der Waals surface area contributed by atoms with Crippen LogP contribution in [0.3, 0.4) is 0 Å². The summed E-state index contributed by atoms with van der Waals surface area (Å²) in [6.45, 7) is 6.51. The molecule has 8 aromatic carbocycles. The zero-order valence-corrected chi connectivity index (χ0v) is 31.6. The fourth-order valence-corrected chi connectivity index (χ4v) is 7.29. The van der Waals surface area contributed by atoms with Crippen LogP contribution in [0.25, 0.3) is 34.4 Å². The molecule has 0 fully saturated rings. The van der Waals surface area contributed by atoms with Gasteiger partial charge in [0, 0.05) is 34.1 Å². The molecule has 266 valence electrons. The number of benzene rings is 8. The van der Waals surface area contributed by atoms with Crippen molar-refractivity contribution in [3.63, 3.8) is 0 Å². The third kappa shape index (κ3) is 8.05. The summed E-state index contributed by atoms with van der Waals surface area (Å²) >= 11 is 0. The Kier molecular flexibility index (Phi) is 10.2. The number of hydrogen-bond acceptors (Lipinski definition) is 2. The quantitative estimate of drug-likeness (QED) is 0.131. The molecule has 0 saturated heterocycles. The number of aryl methyl sites for hydroxylation is 3. The van der Waals surface area contributed by atoms with E-state index in [4.69, 9.17) is 0 Å². The monoisotopic (exact) mass is 708 g/mol. The van der Waals surface area contributed by atoms with Crippen LogP contribution in [-0.4, -0.2) is 0 Å². The minimum Gasteiger partial charge on any atom is -0.311 e. The van der Waals surface area contributed by atoms with Gasteiger partial charge in [0.05, 0.1) is 0 Å². The molecule has 2 heteroatoms. The summed E-state index contributed by atoms with van der Waals surface area (Å²) in [5.41, 5.74) is 17.8. The summed E-state index contributed by atoms with van der Waals surface area (Å²) in [5, 5.41) is 0. The van der Waals surface area contributed by atoms with Gasteiger partial charge >= 0.3 is 0 Å². The Balaban J connectivity index is 0.951. The number of nitrogens with zero attached hydrogens (tertiary/aromatic N) is 2. The topological polar surface area (TPSA) is 6.48 Å². The maximum absolute atomic E-state index is 2.36. The van der Waals surface area contributed by atoms with Crippen LogP contribution in [0.15, 0.2) is 200 Å². The van der Waals surface area contributed by atoms with Crippen LogP contribution >= 0.6 is 0 Å². The van der Waals surface area contributed by atoms with Gasteiger partial charge in [-0.25, -0.2) is 0 Å². The molecule has 8 aromatic rings. The number of hydrogen-bond donors (Lipinski definition) is 0. The molecule has 55 heavy (non-hydrogen) atoms. The highest BCUT2D eigenvalue weighted by Crippen LogP contribution is 2.39. The van der Waals surface area contributed by atoms with Crippen LogP contribution in [0, 0.1) is 20.8 Å². The van der Waals surface area contributed by atoms with Crippen molar-refractivity contribution < 1.29 is 0 Å². The molecular formula is C53H44N2. The third-order valence-corrected chi connectivity index (χ3v) is 10.1. The molecule has 0 aromatic heterocycles. The van der Waals surface area contributed by atoms with Crippen molar-refractivity contribution in [3.8, 4) is 22.3 Å². The molecule has 8 rings (SSSR count). The predicted octanol–water partition coefficient (Wildman–Crippen LogP) is 15.1. The molecule has 0 N–H and O–H groups in total. The van der Waals surface area contributed by atoms with Gasteiger partial charge in [-0.3, -0.25) is 0 Å². The first-order valence-corrected chi connectivity index (χ1v) is 18.9. The van der Waals surface area contributed by atoms with E-state index < -0.39 is 0 Å². The largest absolute Gasteiger partial charge is 0.311 e. The van der Waals surface area contributed by atoms with Gasteiger partial charge in [-0.2, -0.15) is 0 Å². The first-order valence-electron chi connectivity index (χ1n) is 18.9. The second kappa shape index (κ2) is 16.0. The zero-order valence-electron chi connectivity index (χ0n) is 31.6. The maximum Gasteiger partial charge on any atom is 0.0490 e. The minimum absolute atomic E-state index is 1.13. The molecule has 0 aliphatic rings. The molecule has 0 radical (unpaired) electrons. The average molecular weight is 709 g/mol. The van der Waals surface area contributed by atoms with E-state index in [1.54, 1.807) is 0 Å². The zero-order chi connectivity index (χ0) is 37.6. The Morgan fingerprint density at radius 1 is 0.309 bits per heavy atom. The second-order valence-corrected chi connectivity index (χ2v) is 14.1. The molecule has 0 spiro atoms. The van der Waals surface area contributed by atoms with Gasteiger partial charge in [-0.15, -0.1) is 0 Å². The highest BCUT2D eigenvalue weighted by atomic mass is 15.1. The van der Waals surface area contributed by atoms with E-state index in [9.17, 15) is 0 Å². The molecule has 0 heterocycles. The lowest BCUT2D eigenvalue weighted by molar-refractivity contribution is 1.23. The predicted molar refractivity (Wildman–Crippen MR) is 236 cm³/mol. The minimum atomic E-state index is 1.13. The molecule has 0 amide bonds. The standard InChI is InChI=1S/C53H44N2/c1-39-36-40(2)38-52(37-39)55(53-17-11-10-12-41(53)3)51-34-30-47(31-35-51)45-26-22-43(23-27-45)19-18-42-20-24-44(25-21-42)46-28-32-50(33-29-46)54(48-13-6-4-7-14-48)49-15-8-5-9-16-49/h4-38H,1-3H3. The smallest absolute Gasteiger partial charge is 0.0490 e. The molecule has 0 saturated carbocycles. The van der Waals surface area contributed by atoms with Crippen LogP contribution < -0.4 is 9.80 Å². The van der Waals surface area contributed by atoms with Gasteiger partial charge in [0.25, 0.3) is 0 Å². The number of rotatable bonds is 10. The average Bonchev–Trinajstić information content (AvgIpc) is 3.22. The summed E-state index contributed by atoms with van der Waals surface area (Å²) in [5.74, 6) is 0. The van der Waals surface area contributed by atoms with Gasteiger partial charge in [0.1, 0.15) is 0 Å². The first-order chi connectivity index (χ1) is 27.0. The van der Waals surface area contributed by atoms with E-state index >= 15 is 0 Å². The lowest BCUT2D eigenvalue weighted by atomic mass is 10.0. The summed E-state index contributed by atoms with van der Waals surface area (Å²) in [6.07, 6.45) is 4.36. The van der Waals surface area contributed by atoms with Crippen molar-refractivity contribution in [2.24, 2.45) is 0 Å². The summed E-state index contributed by atoms with van der Waals surface area (Å²) in [4.78, 5) is 4.65. The SMILES string of the molecule is Cc1cc(C)cc(N(c2ccc(-c3ccc(C=Cc4ccc(-c5ccc(N(c6ccccc6)c6ccccc6)cc5)cc4)cc3)cc2)c2ccccc2C)c1. The molecule has 0 bridgehead atoms. The fourth-order valence-electron chi connectivity index (χ4n) is 7.29. The summed E-state index contributed by atoms with van der Waals surface area (Å²) in [6, 6.07) is 71.7. The number of para-hydroxylation sites is 3. The Bertz CT molecular complexity index is 2460. The van der Waals surface area contributed by atoms with Crippen molar-refractivity contribution in [2.75, 3.05) is 9.80 Å². The van der Waals surface area contributed by atoms with Crippen molar-refractivity contribution >= 4 is 46.3 Å². The lowest BCUT2D eigenvalue weighted by Gasteiger charge is -2.28. The molecule has 0 aliphatic carbocycles. The van der Waals surface area contributed by atoms with Gasteiger partial charge in [0.2, 0.25) is 0 Å². The molecule has 2 nitrogen and oxygen atoms in total. The normalized spacial score (nSPS) is 11.1. The highest BCUT2D eigenvalue weighted by Gasteiger charge is 2.16. The van der Waals surface area contributed by atoms with E-state index in [0.717, 1.165) is 22.7 Å². The molecule has 0 unspecified atom stereocenters. The summed E-state index contributed by atoms with van der Waals surface area (Å²) in [7, 11) is 0. The van der Waals surface area contributed by atoms with Crippen LogP contribution in [0.1, 0.15) is 27.8 Å². The van der Waals surface area contributed by atoms with Crippen LogP contribution in [-0.2, 0) is 0 Å². The van der Waals surface area contributed by atoms with Crippen LogP contribution in [0.4, 0.5) is 34.1 Å². The van der Waals surface area contributed by atoms with Crippen LogP contribution in [0.5, 0.6) is 0 Å². The van der Waals surface area contributed by atoms with Crippen molar-refractivity contribution in [1.82, 2.24) is 0 Å². The first kappa shape index (κ1) is 35.1. The van der Waals surface area contributed by atoms with Gasteiger partial charge in [-0.05, 0) is 138 Å². The van der Waals surface area contributed by atoms with Gasteiger partial charge < -0.3 is 9.80 Å². The van der Waals surface area contributed by atoms with Crippen molar-refractivity contribution in [1.29, 1.82) is 0 Å². The third-order valence-electron chi connectivity index (χ3n) is 10.1. The number of anilines is 6. The van der Waals surface area contributed by atoms with E-state index in [-0.39, 0.29) is 0 Å². The van der Waals surface area contributed by atoms with Gasteiger partial charge in [0.15, 0.2) is 0 Å². The lowest BCUT2D eigenvalue weighted by Crippen LogP contribution is -2.11. The van der Waals surface area contributed by atoms with Gasteiger partial charge in [-0.1, -0.05) is 146 Å². The van der Waals surface area contributed by atoms with E-state index in [1.807, 2.05) is 0 Å². The van der Waals surface area contributed by atoms with E-state index in [0.29, 0.717) is 0 Å². The highest BCUT2D eigenvalue weighted by molar-refractivity contribution is 5.82. The Morgan fingerprint density at radius 3 is 1.11 bits per heavy atom. The Labute approximate surface area is 325 Å².